The highest BCUT2D eigenvalue weighted by Gasteiger charge is 2.32. The number of ketones is 1. The molecule has 0 aromatic heterocycles. The summed E-state index contributed by atoms with van der Waals surface area (Å²) in [5.41, 5.74) is 0. The lowest BCUT2D eigenvalue weighted by atomic mass is 9.90. The fourth-order valence-electron chi connectivity index (χ4n) is 2.11. The molecule has 1 aliphatic rings. The molecule has 0 aromatic carbocycles. The van der Waals surface area contributed by atoms with Crippen molar-refractivity contribution < 1.29 is 14.3 Å². The standard InChI is InChI=1S/C10H16O3/c1-7(11)9-5-3-4-8(9)6-10(12)13-2/h8-9H,3-6H2,1-2H3/t8-,9-/m0/s1. The Morgan fingerprint density at radius 3 is 2.62 bits per heavy atom. The number of rotatable bonds is 3. The van der Waals surface area contributed by atoms with E-state index in [4.69, 9.17) is 0 Å². The minimum atomic E-state index is -0.196. The highest BCUT2D eigenvalue weighted by molar-refractivity contribution is 5.80. The Morgan fingerprint density at radius 2 is 2.08 bits per heavy atom. The van der Waals surface area contributed by atoms with Crippen molar-refractivity contribution in [2.75, 3.05) is 7.11 Å². The van der Waals surface area contributed by atoms with Crippen molar-refractivity contribution in [3.05, 3.63) is 0 Å². The highest BCUT2D eigenvalue weighted by atomic mass is 16.5. The zero-order chi connectivity index (χ0) is 9.84. The van der Waals surface area contributed by atoms with Crippen LogP contribution in [-0.2, 0) is 14.3 Å². The maximum Gasteiger partial charge on any atom is 0.305 e. The summed E-state index contributed by atoms with van der Waals surface area (Å²) in [4.78, 5) is 22.2. The van der Waals surface area contributed by atoms with Crippen molar-refractivity contribution in [3.8, 4) is 0 Å². The van der Waals surface area contributed by atoms with Gasteiger partial charge in [0.05, 0.1) is 7.11 Å². The third kappa shape index (κ3) is 2.54. The normalized spacial score (nSPS) is 27.2. The second kappa shape index (κ2) is 4.40. The van der Waals surface area contributed by atoms with Crippen molar-refractivity contribution >= 4 is 11.8 Å². The average Bonchev–Trinajstić information content (AvgIpc) is 2.52. The van der Waals surface area contributed by atoms with Crippen molar-refractivity contribution in [1.82, 2.24) is 0 Å². The molecule has 0 aromatic rings. The molecular formula is C10H16O3. The van der Waals surface area contributed by atoms with Crippen LogP contribution < -0.4 is 0 Å². The van der Waals surface area contributed by atoms with Gasteiger partial charge in [-0.25, -0.2) is 0 Å². The molecule has 1 saturated carbocycles. The van der Waals surface area contributed by atoms with Gasteiger partial charge < -0.3 is 4.74 Å². The van der Waals surface area contributed by atoms with Crippen molar-refractivity contribution in [2.45, 2.75) is 32.6 Å². The van der Waals surface area contributed by atoms with Gasteiger partial charge in [0, 0.05) is 12.3 Å². The summed E-state index contributed by atoms with van der Waals surface area (Å²) in [6.07, 6.45) is 3.39. The molecule has 1 rings (SSSR count). The molecule has 1 aliphatic carbocycles. The van der Waals surface area contributed by atoms with Crippen molar-refractivity contribution in [2.24, 2.45) is 11.8 Å². The molecule has 0 aliphatic heterocycles. The van der Waals surface area contributed by atoms with Crippen LogP contribution in [0.25, 0.3) is 0 Å². The van der Waals surface area contributed by atoms with Gasteiger partial charge in [0.15, 0.2) is 0 Å². The van der Waals surface area contributed by atoms with Crippen LogP contribution in [0, 0.1) is 11.8 Å². The van der Waals surface area contributed by atoms with Crippen LogP contribution in [0.2, 0.25) is 0 Å². The summed E-state index contributed by atoms with van der Waals surface area (Å²) in [6.45, 7) is 1.61. The van der Waals surface area contributed by atoms with Crippen molar-refractivity contribution in [3.63, 3.8) is 0 Å². The first kappa shape index (κ1) is 10.2. The lowest BCUT2D eigenvalue weighted by Gasteiger charge is -2.14. The van der Waals surface area contributed by atoms with Gasteiger partial charge in [-0.05, 0) is 25.7 Å². The van der Waals surface area contributed by atoms with E-state index in [1.807, 2.05) is 0 Å². The second-order valence-corrected chi connectivity index (χ2v) is 3.69. The van der Waals surface area contributed by atoms with Gasteiger partial charge in [-0.15, -0.1) is 0 Å². The maximum absolute atomic E-state index is 11.2. The predicted molar refractivity (Wildman–Crippen MR) is 48.1 cm³/mol. The van der Waals surface area contributed by atoms with Crippen LogP contribution in [0.3, 0.4) is 0 Å². The molecule has 13 heavy (non-hydrogen) atoms. The SMILES string of the molecule is COC(=O)C[C@@H]1CCC[C@H]1C(C)=O. The molecule has 0 heterocycles. The first-order chi connectivity index (χ1) is 6.15. The largest absolute Gasteiger partial charge is 0.469 e. The number of methoxy groups -OCH3 is 1. The van der Waals surface area contributed by atoms with E-state index in [0.717, 1.165) is 19.3 Å². The molecule has 0 N–H and O–H groups in total. The molecule has 0 unspecified atom stereocenters. The van der Waals surface area contributed by atoms with Gasteiger partial charge in [0.1, 0.15) is 5.78 Å². The number of carbonyl (C=O) groups excluding carboxylic acids is 2. The maximum atomic E-state index is 11.2. The fourth-order valence-corrected chi connectivity index (χ4v) is 2.11. The van der Waals surface area contributed by atoms with Gasteiger partial charge in [0.25, 0.3) is 0 Å². The van der Waals surface area contributed by atoms with E-state index in [1.54, 1.807) is 6.92 Å². The lowest BCUT2D eigenvalue weighted by Crippen LogP contribution is -2.19. The van der Waals surface area contributed by atoms with Crippen LogP contribution in [0.1, 0.15) is 32.6 Å². The molecule has 3 nitrogen and oxygen atoms in total. The Hall–Kier alpha value is -0.860. The topological polar surface area (TPSA) is 43.4 Å². The van der Waals surface area contributed by atoms with Crippen LogP contribution in [0.5, 0.6) is 0 Å². The molecule has 0 amide bonds. The van der Waals surface area contributed by atoms with Gasteiger partial charge in [-0.2, -0.15) is 0 Å². The number of hydrogen-bond donors (Lipinski definition) is 0. The Kier molecular flexibility index (Phi) is 3.46. The second-order valence-electron chi connectivity index (χ2n) is 3.69. The molecule has 1 fully saturated rings. The van der Waals surface area contributed by atoms with E-state index < -0.39 is 0 Å². The van der Waals surface area contributed by atoms with Crippen LogP contribution in [0.4, 0.5) is 0 Å². The molecule has 0 spiro atoms. The van der Waals surface area contributed by atoms with E-state index in [1.165, 1.54) is 7.11 Å². The Labute approximate surface area is 78.5 Å². The van der Waals surface area contributed by atoms with Crippen LogP contribution in [0.15, 0.2) is 0 Å². The molecule has 0 bridgehead atoms. The molecule has 0 radical (unpaired) electrons. The van der Waals surface area contributed by atoms with Gasteiger partial charge in [-0.3, -0.25) is 9.59 Å². The first-order valence-corrected chi connectivity index (χ1v) is 4.72. The Balaban J connectivity index is 2.48. The Bertz CT molecular complexity index is 210. The fraction of sp³-hybridized carbons (Fsp3) is 0.800. The van der Waals surface area contributed by atoms with E-state index in [2.05, 4.69) is 4.74 Å². The minimum absolute atomic E-state index is 0.0964. The van der Waals surface area contributed by atoms with Crippen LogP contribution >= 0.6 is 0 Å². The number of hydrogen-bond acceptors (Lipinski definition) is 3. The quantitative estimate of drug-likeness (QED) is 0.625. The van der Waals surface area contributed by atoms with E-state index >= 15 is 0 Å². The predicted octanol–water partition coefficient (Wildman–Crippen LogP) is 1.55. The number of ether oxygens (including phenoxy) is 1. The summed E-state index contributed by atoms with van der Waals surface area (Å²) in [6, 6.07) is 0. The average molecular weight is 184 g/mol. The van der Waals surface area contributed by atoms with Gasteiger partial charge >= 0.3 is 5.97 Å². The van der Waals surface area contributed by atoms with E-state index in [9.17, 15) is 9.59 Å². The van der Waals surface area contributed by atoms with E-state index in [0.29, 0.717) is 6.42 Å². The molecule has 0 saturated heterocycles. The van der Waals surface area contributed by atoms with Gasteiger partial charge in [0.2, 0.25) is 0 Å². The van der Waals surface area contributed by atoms with Crippen LogP contribution in [-0.4, -0.2) is 18.9 Å². The lowest BCUT2D eigenvalue weighted by molar-refractivity contribution is -0.142. The Morgan fingerprint density at radius 1 is 1.38 bits per heavy atom. The summed E-state index contributed by atoms with van der Waals surface area (Å²) < 4.78 is 4.59. The van der Waals surface area contributed by atoms with E-state index in [-0.39, 0.29) is 23.6 Å². The zero-order valence-electron chi connectivity index (χ0n) is 8.21. The summed E-state index contributed by atoms with van der Waals surface area (Å²) in [5.74, 6) is 0.341. The smallest absolute Gasteiger partial charge is 0.305 e. The zero-order valence-corrected chi connectivity index (χ0v) is 8.21. The highest BCUT2D eigenvalue weighted by Crippen LogP contribution is 2.34. The molecule has 3 heteroatoms. The summed E-state index contributed by atoms with van der Waals surface area (Å²) in [7, 11) is 1.39. The monoisotopic (exact) mass is 184 g/mol. The summed E-state index contributed by atoms with van der Waals surface area (Å²) in [5, 5.41) is 0. The molecule has 2 atom stereocenters. The van der Waals surface area contributed by atoms with Gasteiger partial charge in [-0.1, -0.05) is 6.42 Å². The van der Waals surface area contributed by atoms with Crippen molar-refractivity contribution in [1.29, 1.82) is 0 Å². The third-order valence-electron chi connectivity index (χ3n) is 2.84. The number of esters is 1. The number of Topliss-reactive ketones (excluding diaryl/α,β-unsaturated/α-hetero) is 1. The summed E-state index contributed by atoms with van der Waals surface area (Å²) >= 11 is 0. The number of carbonyl (C=O) groups is 2. The first-order valence-electron chi connectivity index (χ1n) is 4.72. The molecule has 74 valence electrons. The molecular weight excluding hydrogens is 168 g/mol. The third-order valence-corrected chi connectivity index (χ3v) is 2.84. The minimum Gasteiger partial charge on any atom is -0.469 e.